The molecule has 0 spiro atoms. The lowest BCUT2D eigenvalue weighted by molar-refractivity contribution is 0.414. The van der Waals surface area contributed by atoms with E-state index in [9.17, 15) is 4.39 Å². The van der Waals surface area contributed by atoms with Crippen LogP contribution in [0.15, 0.2) is 36.4 Å². The lowest BCUT2D eigenvalue weighted by Gasteiger charge is -2.19. The first-order valence-electron chi connectivity index (χ1n) is 6.84. The van der Waals surface area contributed by atoms with Crippen LogP contribution in [0, 0.1) is 12.7 Å². The van der Waals surface area contributed by atoms with Gasteiger partial charge in [-0.25, -0.2) is 4.39 Å². The fourth-order valence-corrected chi connectivity index (χ4v) is 2.77. The molecule has 0 fully saturated rings. The second-order valence-corrected chi connectivity index (χ2v) is 5.47. The van der Waals surface area contributed by atoms with Crippen molar-refractivity contribution < 1.29 is 9.13 Å². The van der Waals surface area contributed by atoms with E-state index in [1.54, 1.807) is 19.2 Å². The lowest BCUT2D eigenvalue weighted by atomic mass is 9.89. The van der Waals surface area contributed by atoms with Gasteiger partial charge in [-0.05, 0) is 55.3 Å². The van der Waals surface area contributed by atoms with Gasteiger partial charge >= 0.3 is 0 Å². The van der Waals surface area contributed by atoms with Gasteiger partial charge in [0.05, 0.1) is 7.11 Å². The molecule has 2 aromatic rings. The van der Waals surface area contributed by atoms with Gasteiger partial charge in [0.1, 0.15) is 11.6 Å². The first kappa shape index (κ1) is 15.8. The monoisotopic (exact) mass is 307 g/mol. The number of hydrogen-bond acceptors (Lipinski definition) is 2. The zero-order valence-corrected chi connectivity index (χ0v) is 13.0. The van der Waals surface area contributed by atoms with E-state index in [-0.39, 0.29) is 11.7 Å². The first-order valence-corrected chi connectivity index (χ1v) is 7.22. The summed E-state index contributed by atoms with van der Waals surface area (Å²) < 4.78 is 19.1. The molecule has 0 heterocycles. The van der Waals surface area contributed by atoms with Crippen molar-refractivity contribution in [3.05, 3.63) is 63.9 Å². The number of halogens is 2. The summed E-state index contributed by atoms with van der Waals surface area (Å²) in [6, 6.07) is 10.6. The number of rotatable bonds is 5. The normalized spacial score (nSPS) is 12.2. The molecule has 1 atom stereocenters. The highest BCUT2D eigenvalue weighted by atomic mass is 35.5. The zero-order chi connectivity index (χ0) is 15.4. The molecule has 4 heteroatoms. The fourth-order valence-electron chi connectivity index (χ4n) is 2.53. The maximum Gasteiger partial charge on any atom is 0.127 e. The quantitative estimate of drug-likeness (QED) is 0.903. The number of aryl methyl sites for hydroxylation is 1. The van der Waals surface area contributed by atoms with Gasteiger partial charge in [0, 0.05) is 16.5 Å². The number of nitrogens with two attached hydrogens (primary N) is 1. The van der Waals surface area contributed by atoms with Crippen LogP contribution in [0.3, 0.4) is 0 Å². The second-order valence-electron chi connectivity index (χ2n) is 5.06. The standard InChI is InChI=1S/C17H19ClFNO/c1-11-8-13(21-2)6-7-14(11)12(10-20)9-15-16(18)4-3-5-17(15)19/h3-8,12H,9-10,20H2,1-2H3. The Morgan fingerprint density at radius 3 is 2.62 bits per heavy atom. The Hall–Kier alpha value is -1.58. The third-order valence-corrected chi connectivity index (χ3v) is 4.07. The van der Waals surface area contributed by atoms with Crippen LogP contribution in [0.2, 0.25) is 5.02 Å². The Morgan fingerprint density at radius 2 is 2.05 bits per heavy atom. The van der Waals surface area contributed by atoms with Crippen molar-refractivity contribution in [3.8, 4) is 5.75 Å². The molecular weight excluding hydrogens is 289 g/mol. The van der Waals surface area contributed by atoms with E-state index in [4.69, 9.17) is 22.1 Å². The van der Waals surface area contributed by atoms with Crippen LogP contribution < -0.4 is 10.5 Å². The number of ether oxygens (including phenoxy) is 1. The molecule has 1 unspecified atom stereocenters. The van der Waals surface area contributed by atoms with Crippen molar-refractivity contribution in [2.75, 3.05) is 13.7 Å². The van der Waals surface area contributed by atoms with Gasteiger partial charge in [0.15, 0.2) is 0 Å². The second kappa shape index (κ2) is 6.92. The minimum absolute atomic E-state index is 0.0188. The average molecular weight is 308 g/mol. The highest BCUT2D eigenvalue weighted by Gasteiger charge is 2.17. The molecule has 2 aromatic carbocycles. The molecular formula is C17H19ClFNO. The fraction of sp³-hybridized carbons (Fsp3) is 0.294. The van der Waals surface area contributed by atoms with Gasteiger partial charge in [0.25, 0.3) is 0 Å². The molecule has 2 rings (SSSR count). The van der Waals surface area contributed by atoms with E-state index in [0.29, 0.717) is 23.6 Å². The SMILES string of the molecule is COc1ccc(C(CN)Cc2c(F)cccc2Cl)c(C)c1. The topological polar surface area (TPSA) is 35.2 Å². The molecule has 0 aliphatic heterocycles. The Kier molecular flexibility index (Phi) is 5.21. The zero-order valence-electron chi connectivity index (χ0n) is 12.2. The third kappa shape index (κ3) is 3.55. The van der Waals surface area contributed by atoms with Gasteiger partial charge < -0.3 is 10.5 Å². The van der Waals surface area contributed by atoms with E-state index in [0.717, 1.165) is 16.9 Å². The van der Waals surface area contributed by atoms with Crippen molar-refractivity contribution >= 4 is 11.6 Å². The molecule has 0 aliphatic rings. The number of methoxy groups -OCH3 is 1. The molecule has 0 aromatic heterocycles. The van der Waals surface area contributed by atoms with E-state index >= 15 is 0 Å². The van der Waals surface area contributed by atoms with Crippen molar-refractivity contribution in [3.63, 3.8) is 0 Å². The lowest BCUT2D eigenvalue weighted by Crippen LogP contribution is -2.17. The molecule has 112 valence electrons. The predicted molar refractivity (Wildman–Crippen MR) is 84.6 cm³/mol. The molecule has 0 aliphatic carbocycles. The minimum atomic E-state index is -0.285. The molecule has 21 heavy (non-hydrogen) atoms. The van der Waals surface area contributed by atoms with Gasteiger partial charge in [-0.15, -0.1) is 0 Å². The van der Waals surface area contributed by atoms with Crippen LogP contribution in [-0.2, 0) is 6.42 Å². The Morgan fingerprint density at radius 1 is 1.29 bits per heavy atom. The molecule has 0 amide bonds. The maximum absolute atomic E-state index is 13.9. The molecule has 0 radical (unpaired) electrons. The molecule has 2 N–H and O–H groups in total. The van der Waals surface area contributed by atoms with Gasteiger partial charge in [0.2, 0.25) is 0 Å². The summed E-state index contributed by atoms with van der Waals surface area (Å²) in [5.74, 6) is 0.536. The number of hydrogen-bond donors (Lipinski definition) is 1. The Labute approximate surface area is 129 Å². The summed E-state index contributed by atoms with van der Waals surface area (Å²) in [5, 5.41) is 0.444. The summed E-state index contributed by atoms with van der Waals surface area (Å²) in [4.78, 5) is 0. The van der Waals surface area contributed by atoms with Crippen LogP contribution in [0.4, 0.5) is 4.39 Å². The van der Waals surface area contributed by atoms with Gasteiger partial charge in [-0.2, -0.15) is 0 Å². The van der Waals surface area contributed by atoms with Crippen LogP contribution in [0.5, 0.6) is 5.75 Å². The van der Waals surface area contributed by atoms with Crippen LogP contribution >= 0.6 is 11.6 Å². The van der Waals surface area contributed by atoms with Crippen LogP contribution in [0.1, 0.15) is 22.6 Å². The number of benzene rings is 2. The van der Waals surface area contributed by atoms with Crippen LogP contribution in [-0.4, -0.2) is 13.7 Å². The third-order valence-electron chi connectivity index (χ3n) is 3.71. The van der Waals surface area contributed by atoms with Gasteiger partial charge in [-0.1, -0.05) is 23.7 Å². The maximum atomic E-state index is 13.9. The van der Waals surface area contributed by atoms with Crippen molar-refractivity contribution in [1.29, 1.82) is 0 Å². The summed E-state index contributed by atoms with van der Waals surface area (Å²) in [7, 11) is 1.63. The molecule has 0 bridgehead atoms. The molecule has 0 saturated heterocycles. The average Bonchev–Trinajstić information content (AvgIpc) is 2.47. The highest BCUT2D eigenvalue weighted by Crippen LogP contribution is 2.29. The molecule has 0 saturated carbocycles. The Balaban J connectivity index is 2.32. The summed E-state index contributed by atoms with van der Waals surface area (Å²) in [5.41, 5.74) is 8.59. The summed E-state index contributed by atoms with van der Waals surface area (Å²) in [6.07, 6.45) is 0.481. The largest absolute Gasteiger partial charge is 0.497 e. The van der Waals surface area contributed by atoms with E-state index in [2.05, 4.69) is 0 Å². The smallest absolute Gasteiger partial charge is 0.127 e. The van der Waals surface area contributed by atoms with E-state index in [1.165, 1.54) is 6.07 Å². The summed E-state index contributed by atoms with van der Waals surface area (Å²) >= 11 is 6.10. The van der Waals surface area contributed by atoms with Crippen LogP contribution in [0.25, 0.3) is 0 Å². The highest BCUT2D eigenvalue weighted by molar-refractivity contribution is 6.31. The Bertz CT molecular complexity index is 610. The van der Waals surface area contributed by atoms with Crippen molar-refractivity contribution in [1.82, 2.24) is 0 Å². The van der Waals surface area contributed by atoms with Crippen molar-refractivity contribution in [2.45, 2.75) is 19.3 Å². The van der Waals surface area contributed by atoms with E-state index < -0.39 is 0 Å². The summed E-state index contributed by atoms with van der Waals surface area (Å²) in [6.45, 7) is 2.43. The molecule has 2 nitrogen and oxygen atoms in total. The van der Waals surface area contributed by atoms with E-state index in [1.807, 2.05) is 25.1 Å². The first-order chi connectivity index (χ1) is 10.1. The minimum Gasteiger partial charge on any atom is -0.497 e. The predicted octanol–water partition coefficient (Wildman–Crippen LogP) is 4.08. The van der Waals surface area contributed by atoms with Gasteiger partial charge in [-0.3, -0.25) is 0 Å². The van der Waals surface area contributed by atoms with Crippen molar-refractivity contribution in [2.24, 2.45) is 5.73 Å².